The fourth-order valence-electron chi connectivity index (χ4n) is 1.94. The van der Waals surface area contributed by atoms with Crippen molar-refractivity contribution < 1.29 is 13.5 Å². The first-order valence-electron chi connectivity index (χ1n) is 6.37. The summed E-state index contributed by atoms with van der Waals surface area (Å²) in [6.07, 6.45) is 0.437. The van der Waals surface area contributed by atoms with Gasteiger partial charge in [0.15, 0.2) is 0 Å². The van der Waals surface area contributed by atoms with E-state index >= 15 is 0 Å². The normalized spacial score (nSPS) is 12.3. The van der Waals surface area contributed by atoms with Gasteiger partial charge in [-0.2, -0.15) is 0 Å². The Balaban J connectivity index is 2.06. The summed E-state index contributed by atoms with van der Waals surface area (Å²) in [6.45, 7) is 0.0859. The molecule has 20 heavy (non-hydrogen) atoms. The molecule has 0 amide bonds. The van der Waals surface area contributed by atoms with Crippen molar-refractivity contribution in [2.75, 3.05) is 5.88 Å². The molecule has 0 aliphatic rings. The van der Waals surface area contributed by atoms with E-state index in [0.717, 1.165) is 11.6 Å². The molecule has 1 unspecified atom stereocenters. The molecular weight excluding hydrogens is 282 g/mol. The summed E-state index contributed by atoms with van der Waals surface area (Å²) in [5, 5.41) is 0. The first-order valence-corrected chi connectivity index (χ1v) is 6.90. The molecule has 2 aromatic carbocycles. The molecule has 0 aromatic heterocycles. The molecule has 0 saturated carbocycles. The van der Waals surface area contributed by atoms with Crippen LogP contribution >= 0.6 is 11.6 Å². The molecule has 0 N–H and O–H groups in total. The van der Waals surface area contributed by atoms with Crippen molar-refractivity contribution >= 4 is 11.6 Å². The molecule has 2 rings (SSSR count). The summed E-state index contributed by atoms with van der Waals surface area (Å²) in [4.78, 5) is 0. The Hall–Kier alpha value is -1.45. The van der Waals surface area contributed by atoms with Crippen LogP contribution in [-0.4, -0.2) is 5.88 Å². The van der Waals surface area contributed by atoms with Gasteiger partial charge in [-0.05, 0) is 18.1 Å². The number of halogens is 3. The molecule has 4 heteroatoms. The van der Waals surface area contributed by atoms with Crippen LogP contribution in [0, 0.1) is 11.6 Å². The highest BCUT2D eigenvalue weighted by atomic mass is 35.5. The van der Waals surface area contributed by atoms with Crippen molar-refractivity contribution in [3.8, 4) is 0 Å². The Morgan fingerprint density at radius 2 is 1.80 bits per heavy atom. The second-order valence-electron chi connectivity index (χ2n) is 4.42. The maximum atomic E-state index is 13.5. The third-order valence-electron chi connectivity index (χ3n) is 3.00. The highest BCUT2D eigenvalue weighted by molar-refractivity contribution is 6.17. The van der Waals surface area contributed by atoms with Crippen molar-refractivity contribution in [1.29, 1.82) is 0 Å². The lowest BCUT2D eigenvalue weighted by molar-refractivity contribution is 0.0361. The zero-order valence-corrected chi connectivity index (χ0v) is 11.6. The fraction of sp³-hybridized carbons (Fsp3) is 0.250. The van der Waals surface area contributed by atoms with Crippen molar-refractivity contribution in [2.45, 2.75) is 19.1 Å². The SMILES string of the molecule is Fc1ccc(COC(CCCl)c2ccccc2)c(F)c1. The predicted molar refractivity (Wildman–Crippen MR) is 75.7 cm³/mol. The summed E-state index contributed by atoms with van der Waals surface area (Å²) in [6, 6.07) is 13.1. The van der Waals surface area contributed by atoms with E-state index in [-0.39, 0.29) is 12.7 Å². The fourth-order valence-corrected chi connectivity index (χ4v) is 2.14. The third-order valence-corrected chi connectivity index (χ3v) is 3.22. The Labute approximate surface area is 122 Å². The van der Waals surface area contributed by atoms with Crippen LogP contribution in [0.15, 0.2) is 48.5 Å². The van der Waals surface area contributed by atoms with Gasteiger partial charge in [-0.15, -0.1) is 11.6 Å². The monoisotopic (exact) mass is 296 g/mol. The minimum atomic E-state index is -0.595. The van der Waals surface area contributed by atoms with E-state index in [0.29, 0.717) is 17.9 Å². The summed E-state index contributed by atoms with van der Waals surface area (Å²) < 4.78 is 32.1. The van der Waals surface area contributed by atoms with E-state index in [9.17, 15) is 8.78 Å². The van der Waals surface area contributed by atoms with Gasteiger partial charge in [-0.3, -0.25) is 0 Å². The molecule has 2 aromatic rings. The number of alkyl halides is 1. The van der Waals surface area contributed by atoms with Crippen LogP contribution in [0.1, 0.15) is 23.7 Å². The molecule has 0 saturated heterocycles. The van der Waals surface area contributed by atoms with Crippen LogP contribution in [0.2, 0.25) is 0 Å². The lowest BCUT2D eigenvalue weighted by atomic mass is 10.1. The number of ether oxygens (including phenoxy) is 1. The van der Waals surface area contributed by atoms with E-state index in [4.69, 9.17) is 16.3 Å². The standard InChI is InChI=1S/C16H15ClF2O/c17-9-8-16(12-4-2-1-3-5-12)20-11-13-6-7-14(18)10-15(13)19/h1-7,10,16H,8-9,11H2. The average Bonchev–Trinajstić information content (AvgIpc) is 2.46. The van der Waals surface area contributed by atoms with Gasteiger partial charge in [0.1, 0.15) is 11.6 Å². The molecule has 0 heterocycles. The van der Waals surface area contributed by atoms with Crippen LogP contribution < -0.4 is 0 Å². The Morgan fingerprint density at radius 3 is 2.45 bits per heavy atom. The lowest BCUT2D eigenvalue weighted by Gasteiger charge is -2.17. The first-order chi connectivity index (χ1) is 9.70. The highest BCUT2D eigenvalue weighted by Gasteiger charge is 2.13. The minimum Gasteiger partial charge on any atom is -0.369 e. The third kappa shape index (κ3) is 4.02. The molecule has 0 aliphatic carbocycles. The van der Waals surface area contributed by atoms with E-state index in [1.165, 1.54) is 12.1 Å². The van der Waals surface area contributed by atoms with Crippen molar-refractivity contribution in [3.63, 3.8) is 0 Å². The summed E-state index contributed by atoms with van der Waals surface area (Å²) in [5.74, 6) is -0.736. The molecule has 106 valence electrons. The van der Waals surface area contributed by atoms with Gasteiger partial charge in [0.25, 0.3) is 0 Å². The van der Waals surface area contributed by atoms with Crippen molar-refractivity contribution in [2.24, 2.45) is 0 Å². The van der Waals surface area contributed by atoms with Crippen molar-refractivity contribution in [3.05, 3.63) is 71.3 Å². The van der Waals surface area contributed by atoms with Crippen LogP contribution in [0.4, 0.5) is 8.78 Å². The number of hydrogen-bond acceptors (Lipinski definition) is 1. The van der Waals surface area contributed by atoms with Crippen LogP contribution in [0.25, 0.3) is 0 Å². The van der Waals surface area contributed by atoms with Gasteiger partial charge in [-0.25, -0.2) is 8.78 Å². The largest absolute Gasteiger partial charge is 0.369 e. The van der Waals surface area contributed by atoms with Crippen LogP contribution in [0.3, 0.4) is 0 Å². The van der Waals surface area contributed by atoms with E-state index in [1.54, 1.807) is 0 Å². The zero-order chi connectivity index (χ0) is 14.4. The number of benzene rings is 2. The van der Waals surface area contributed by atoms with Crippen LogP contribution in [0.5, 0.6) is 0 Å². The second-order valence-corrected chi connectivity index (χ2v) is 4.80. The molecule has 0 radical (unpaired) electrons. The molecule has 1 nitrogen and oxygen atoms in total. The van der Waals surface area contributed by atoms with Gasteiger partial charge in [0, 0.05) is 17.5 Å². The van der Waals surface area contributed by atoms with Crippen molar-refractivity contribution in [1.82, 2.24) is 0 Å². The summed E-state index contributed by atoms with van der Waals surface area (Å²) in [7, 11) is 0. The smallest absolute Gasteiger partial charge is 0.131 e. The summed E-state index contributed by atoms with van der Waals surface area (Å²) >= 11 is 5.78. The Bertz CT molecular complexity index is 545. The summed E-state index contributed by atoms with van der Waals surface area (Å²) in [5.41, 5.74) is 1.33. The first kappa shape index (κ1) is 14.9. The van der Waals surface area contributed by atoms with Gasteiger partial charge in [-0.1, -0.05) is 36.4 Å². The maximum Gasteiger partial charge on any atom is 0.131 e. The molecule has 0 bridgehead atoms. The predicted octanol–water partition coefficient (Wildman–Crippen LogP) is 4.85. The molecule has 0 fully saturated rings. The molecule has 0 spiro atoms. The van der Waals surface area contributed by atoms with Gasteiger partial charge >= 0.3 is 0 Å². The van der Waals surface area contributed by atoms with E-state index < -0.39 is 11.6 Å². The average molecular weight is 297 g/mol. The zero-order valence-electron chi connectivity index (χ0n) is 10.9. The van der Waals surface area contributed by atoms with Gasteiger partial charge in [0.2, 0.25) is 0 Å². The number of hydrogen-bond donors (Lipinski definition) is 0. The molecule has 1 atom stereocenters. The Kier molecular flexibility index (Phi) is 5.50. The van der Waals surface area contributed by atoms with Gasteiger partial charge < -0.3 is 4.74 Å². The molecular formula is C16H15ClF2O. The van der Waals surface area contributed by atoms with E-state index in [1.807, 2.05) is 30.3 Å². The molecule has 0 aliphatic heterocycles. The maximum absolute atomic E-state index is 13.5. The van der Waals surface area contributed by atoms with Crippen LogP contribution in [-0.2, 0) is 11.3 Å². The second kappa shape index (κ2) is 7.36. The Morgan fingerprint density at radius 1 is 1.05 bits per heavy atom. The van der Waals surface area contributed by atoms with E-state index in [2.05, 4.69) is 0 Å². The topological polar surface area (TPSA) is 9.23 Å². The highest BCUT2D eigenvalue weighted by Crippen LogP contribution is 2.23. The number of rotatable bonds is 6. The van der Waals surface area contributed by atoms with Gasteiger partial charge in [0.05, 0.1) is 12.7 Å². The minimum absolute atomic E-state index is 0.0859. The lowest BCUT2D eigenvalue weighted by Crippen LogP contribution is -2.06. The quantitative estimate of drug-likeness (QED) is 0.692.